The van der Waals surface area contributed by atoms with Crippen molar-refractivity contribution in [2.24, 2.45) is 0 Å². The predicted molar refractivity (Wildman–Crippen MR) is 67.2 cm³/mol. The minimum Gasteiger partial charge on any atom is -0.292 e. The van der Waals surface area contributed by atoms with Crippen LogP contribution in [-0.4, -0.2) is 24.5 Å². The van der Waals surface area contributed by atoms with E-state index in [0.717, 1.165) is 12.8 Å². The van der Waals surface area contributed by atoms with Gasteiger partial charge in [0.05, 0.1) is 6.07 Å². The molecular formula is C14H20N2. The van der Waals surface area contributed by atoms with Crippen LogP contribution in [0.2, 0.25) is 0 Å². The SMILES string of the molecule is Cc1ccccc1CCC(C)(C#N)N(C)C. The van der Waals surface area contributed by atoms with Gasteiger partial charge in [0.15, 0.2) is 0 Å². The molecule has 0 bridgehead atoms. The van der Waals surface area contributed by atoms with Gasteiger partial charge in [0.25, 0.3) is 0 Å². The zero-order valence-electron chi connectivity index (χ0n) is 10.6. The first-order chi connectivity index (χ1) is 7.49. The van der Waals surface area contributed by atoms with E-state index in [-0.39, 0.29) is 5.54 Å². The van der Waals surface area contributed by atoms with E-state index in [1.165, 1.54) is 11.1 Å². The van der Waals surface area contributed by atoms with Crippen LogP contribution in [0.15, 0.2) is 24.3 Å². The van der Waals surface area contributed by atoms with Gasteiger partial charge in [0.1, 0.15) is 5.54 Å². The third kappa shape index (κ3) is 2.84. The lowest BCUT2D eigenvalue weighted by Crippen LogP contribution is -2.40. The van der Waals surface area contributed by atoms with Gasteiger partial charge in [-0.25, -0.2) is 0 Å². The molecule has 2 heteroatoms. The van der Waals surface area contributed by atoms with Crippen LogP contribution in [0.25, 0.3) is 0 Å². The minimum absolute atomic E-state index is 0.373. The Morgan fingerprint density at radius 1 is 1.31 bits per heavy atom. The van der Waals surface area contributed by atoms with Crippen LogP contribution in [0.4, 0.5) is 0 Å². The lowest BCUT2D eigenvalue weighted by molar-refractivity contribution is 0.224. The summed E-state index contributed by atoms with van der Waals surface area (Å²) in [6.45, 7) is 4.11. The number of hydrogen-bond acceptors (Lipinski definition) is 2. The third-order valence-electron chi connectivity index (χ3n) is 3.37. The summed E-state index contributed by atoms with van der Waals surface area (Å²) in [6, 6.07) is 10.8. The quantitative estimate of drug-likeness (QED) is 0.774. The molecule has 0 aliphatic heterocycles. The number of nitriles is 1. The first-order valence-electron chi connectivity index (χ1n) is 5.63. The second-order valence-electron chi connectivity index (χ2n) is 4.71. The van der Waals surface area contributed by atoms with Gasteiger partial charge in [0.2, 0.25) is 0 Å². The van der Waals surface area contributed by atoms with Gasteiger partial charge in [-0.3, -0.25) is 4.90 Å². The molecule has 1 aromatic carbocycles. The van der Waals surface area contributed by atoms with Gasteiger partial charge < -0.3 is 0 Å². The van der Waals surface area contributed by atoms with Crippen molar-refractivity contribution in [3.8, 4) is 6.07 Å². The van der Waals surface area contributed by atoms with Crippen molar-refractivity contribution < 1.29 is 0 Å². The van der Waals surface area contributed by atoms with Crippen molar-refractivity contribution in [3.05, 3.63) is 35.4 Å². The Morgan fingerprint density at radius 3 is 2.44 bits per heavy atom. The Balaban J connectivity index is 2.72. The maximum absolute atomic E-state index is 9.21. The largest absolute Gasteiger partial charge is 0.292 e. The summed E-state index contributed by atoms with van der Waals surface area (Å²) in [5, 5.41) is 9.21. The van der Waals surface area contributed by atoms with Crippen molar-refractivity contribution >= 4 is 0 Å². The Bertz CT molecular complexity index is 390. The summed E-state index contributed by atoms with van der Waals surface area (Å²) in [6.07, 6.45) is 1.82. The Morgan fingerprint density at radius 2 is 1.94 bits per heavy atom. The average Bonchev–Trinajstić information content (AvgIpc) is 2.27. The molecule has 0 heterocycles. The van der Waals surface area contributed by atoms with Crippen LogP contribution in [0.3, 0.4) is 0 Å². The molecule has 1 atom stereocenters. The standard InChI is InChI=1S/C14H20N2/c1-12-7-5-6-8-13(12)9-10-14(2,11-15)16(3)4/h5-8H,9-10H2,1-4H3. The zero-order chi connectivity index (χ0) is 12.2. The molecule has 0 N–H and O–H groups in total. The summed E-state index contributed by atoms with van der Waals surface area (Å²) >= 11 is 0. The topological polar surface area (TPSA) is 27.0 Å². The number of rotatable bonds is 4. The van der Waals surface area contributed by atoms with Crippen molar-refractivity contribution in [1.82, 2.24) is 4.90 Å². The summed E-state index contributed by atoms with van der Waals surface area (Å²) in [5.41, 5.74) is 2.27. The molecule has 0 amide bonds. The van der Waals surface area contributed by atoms with Gasteiger partial charge in [-0.1, -0.05) is 24.3 Å². The number of hydrogen-bond donors (Lipinski definition) is 0. The van der Waals surface area contributed by atoms with Gasteiger partial charge in [0, 0.05) is 0 Å². The highest BCUT2D eigenvalue weighted by Gasteiger charge is 2.26. The predicted octanol–water partition coefficient (Wildman–Crippen LogP) is 2.77. The smallest absolute Gasteiger partial charge is 0.106 e. The molecule has 0 spiro atoms. The maximum Gasteiger partial charge on any atom is 0.106 e. The van der Waals surface area contributed by atoms with E-state index < -0.39 is 0 Å². The zero-order valence-corrected chi connectivity index (χ0v) is 10.6. The van der Waals surface area contributed by atoms with Crippen molar-refractivity contribution in [1.29, 1.82) is 5.26 Å². The molecule has 1 rings (SSSR count). The minimum atomic E-state index is -0.373. The fourth-order valence-corrected chi connectivity index (χ4v) is 1.65. The molecular weight excluding hydrogens is 196 g/mol. The molecule has 0 saturated carbocycles. The maximum atomic E-state index is 9.21. The van der Waals surface area contributed by atoms with Gasteiger partial charge >= 0.3 is 0 Å². The first kappa shape index (κ1) is 12.7. The molecule has 0 aliphatic carbocycles. The lowest BCUT2D eigenvalue weighted by atomic mass is 9.92. The van der Waals surface area contributed by atoms with Crippen molar-refractivity contribution in [2.45, 2.75) is 32.2 Å². The van der Waals surface area contributed by atoms with Gasteiger partial charge in [-0.05, 0) is 51.9 Å². The fraction of sp³-hybridized carbons (Fsp3) is 0.500. The molecule has 0 radical (unpaired) electrons. The molecule has 0 fully saturated rings. The van der Waals surface area contributed by atoms with Crippen LogP contribution in [-0.2, 0) is 6.42 Å². The number of benzene rings is 1. The van der Waals surface area contributed by atoms with E-state index in [9.17, 15) is 5.26 Å². The van der Waals surface area contributed by atoms with Crippen LogP contribution in [0.5, 0.6) is 0 Å². The molecule has 0 aliphatic rings. The van der Waals surface area contributed by atoms with E-state index in [2.05, 4.69) is 31.2 Å². The van der Waals surface area contributed by atoms with Crippen molar-refractivity contribution in [3.63, 3.8) is 0 Å². The fourth-order valence-electron chi connectivity index (χ4n) is 1.65. The van der Waals surface area contributed by atoms with Crippen LogP contribution in [0.1, 0.15) is 24.5 Å². The normalized spacial score (nSPS) is 14.5. The van der Waals surface area contributed by atoms with E-state index in [0.29, 0.717) is 0 Å². The second kappa shape index (κ2) is 5.14. The Kier molecular flexibility index (Phi) is 4.09. The van der Waals surface area contributed by atoms with Gasteiger partial charge in [-0.2, -0.15) is 5.26 Å². The van der Waals surface area contributed by atoms with Gasteiger partial charge in [-0.15, -0.1) is 0 Å². The number of aryl methyl sites for hydroxylation is 2. The summed E-state index contributed by atoms with van der Waals surface area (Å²) in [7, 11) is 3.92. The summed E-state index contributed by atoms with van der Waals surface area (Å²) < 4.78 is 0. The molecule has 2 nitrogen and oxygen atoms in total. The Hall–Kier alpha value is -1.33. The molecule has 86 valence electrons. The molecule has 0 aromatic heterocycles. The summed E-state index contributed by atoms with van der Waals surface area (Å²) in [4.78, 5) is 1.99. The van der Waals surface area contributed by atoms with Crippen LogP contribution < -0.4 is 0 Å². The second-order valence-corrected chi connectivity index (χ2v) is 4.71. The Labute approximate surface area is 98.5 Å². The van der Waals surface area contributed by atoms with E-state index in [1.807, 2.05) is 32.0 Å². The molecule has 0 saturated heterocycles. The number of nitrogens with zero attached hydrogens (tertiary/aromatic N) is 2. The van der Waals surface area contributed by atoms with E-state index in [4.69, 9.17) is 0 Å². The van der Waals surface area contributed by atoms with E-state index in [1.54, 1.807) is 0 Å². The first-order valence-corrected chi connectivity index (χ1v) is 5.63. The average molecular weight is 216 g/mol. The van der Waals surface area contributed by atoms with Crippen LogP contribution >= 0.6 is 0 Å². The molecule has 1 unspecified atom stereocenters. The monoisotopic (exact) mass is 216 g/mol. The molecule has 1 aromatic rings. The van der Waals surface area contributed by atoms with Crippen LogP contribution in [0, 0.1) is 18.3 Å². The lowest BCUT2D eigenvalue weighted by Gasteiger charge is -2.29. The molecule has 16 heavy (non-hydrogen) atoms. The van der Waals surface area contributed by atoms with E-state index >= 15 is 0 Å². The highest BCUT2D eigenvalue weighted by molar-refractivity contribution is 5.26. The highest BCUT2D eigenvalue weighted by atomic mass is 15.1. The van der Waals surface area contributed by atoms with Crippen molar-refractivity contribution in [2.75, 3.05) is 14.1 Å². The highest BCUT2D eigenvalue weighted by Crippen LogP contribution is 2.19. The summed E-state index contributed by atoms with van der Waals surface area (Å²) in [5.74, 6) is 0. The third-order valence-corrected chi connectivity index (χ3v) is 3.37.